The summed E-state index contributed by atoms with van der Waals surface area (Å²) in [6, 6.07) is 7.36. The zero-order chi connectivity index (χ0) is 17.9. The van der Waals surface area contributed by atoms with Crippen LogP contribution in [0.5, 0.6) is 5.75 Å². The Bertz CT molecular complexity index is 613. The Hall–Kier alpha value is -2.08. The molecule has 3 rings (SSSR count). The standard InChI is InChI=1S/C19H25NO5/c1-14-5-7-15(8-6-14)25-19(18(22)23)9-11-20(12-10-19)17(21)16-4-2-3-13-24-16/h5-8,16H,2-4,9-13H2,1H3,(H,22,23)/t16-/m1/s1. The minimum absolute atomic E-state index is 0.0194. The van der Waals surface area contributed by atoms with Crippen molar-refractivity contribution in [1.29, 1.82) is 0 Å². The lowest BCUT2D eigenvalue weighted by Crippen LogP contribution is -2.56. The van der Waals surface area contributed by atoms with Crippen molar-refractivity contribution in [2.24, 2.45) is 0 Å². The quantitative estimate of drug-likeness (QED) is 0.905. The van der Waals surface area contributed by atoms with E-state index in [9.17, 15) is 14.7 Å². The Labute approximate surface area is 147 Å². The van der Waals surface area contributed by atoms with Crippen molar-refractivity contribution in [3.05, 3.63) is 29.8 Å². The van der Waals surface area contributed by atoms with Gasteiger partial charge in [0.15, 0.2) is 0 Å². The Balaban J connectivity index is 1.64. The van der Waals surface area contributed by atoms with E-state index < -0.39 is 11.6 Å². The predicted molar refractivity (Wildman–Crippen MR) is 91.6 cm³/mol. The SMILES string of the molecule is Cc1ccc(OC2(C(=O)O)CCN(C(=O)[C@H]3CCCCO3)CC2)cc1. The number of amides is 1. The number of aryl methyl sites for hydroxylation is 1. The number of nitrogens with zero attached hydrogens (tertiary/aromatic N) is 1. The van der Waals surface area contributed by atoms with E-state index in [1.165, 1.54) is 0 Å². The molecular formula is C19H25NO5. The first kappa shape index (κ1) is 17.7. The second kappa shape index (κ2) is 7.44. The molecule has 2 fully saturated rings. The predicted octanol–water partition coefficient (Wildman–Crippen LogP) is 2.39. The fourth-order valence-electron chi connectivity index (χ4n) is 3.42. The molecular weight excluding hydrogens is 322 g/mol. The molecule has 1 aromatic rings. The van der Waals surface area contributed by atoms with Crippen molar-refractivity contribution in [3.63, 3.8) is 0 Å². The molecule has 0 aromatic heterocycles. The van der Waals surface area contributed by atoms with Crippen LogP contribution in [0.4, 0.5) is 0 Å². The van der Waals surface area contributed by atoms with Gasteiger partial charge in [-0.05, 0) is 38.3 Å². The number of piperidine rings is 1. The van der Waals surface area contributed by atoms with Crippen molar-refractivity contribution in [1.82, 2.24) is 4.90 Å². The molecule has 0 radical (unpaired) electrons. The number of rotatable bonds is 4. The van der Waals surface area contributed by atoms with Crippen LogP contribution in [0.3, 0.4) is 0 Å². The van der Waals surface area contributed by atoms with Gasteiger partial charge in [0.1, 0.15) is 11.9 Å². The Morgan fingerprint density at radius 1 is 1.20 bits per heavy atom. The molecule has 2 saturated heterocycles. The van der Waals surface area contributed by atoms with E-state index in [0.29, 0.717) is 25.4 Å². The van der Waals surface area contributed by atoms with Crippen LogP contribution in [0.1, 0.15) is 37.7 Å². The third-order valence-corrected chi connectivity index (χ3v) is 5.06. The van der Waals surface area contributed by atoms with Gasteiger partial charge < -0.3 is 19.5 Å². The smallest absolute Gasteiger partial charge is 0.348 e. The zero-order valence-corrected chi connectivity index (χ0v) is 14.6. The maximum Gasteiger partial charge on any atom is 0.348 e. The molecule has 2 aliphatic heterocycles. The summed E-state index contributed by atoms with van der Waals surface area (Å²) in [7, 11) is 0. The zero-order valence-electron chi connectivity index (χ0n) is 14.6. The van der Waals surface area contributed by atoms with Gasteiger partial charge in [0, 0.05) is 32.5 Å². The number of likely N-dealkylation sites (tertiary alicyclic amines) is 1. The molecule has 136 valence electrons. The van der Waals surface area contributed by atoms with E-state index in [4.69, 9.17) is 9.47 Å². The van der Waals surface area contributed by atoms with E-state index in [1.807, 2.05) is 19.1 Å². The van der Waals surface area contributed by atoms with Crippen LogP contribution < -0.4 is 4.74 Å². The molecule has 1 atom stereocenters. The first-order valence-corrected chi connectivity index (χ1v) is 8.90. The van der Waals surface area contributed by atoms with Crippen LogP contribution in [-0.2, 0) is 14.3 Å². The van der Waals surface area contributed by atoms with Gasteiger partial charge >= 0.3 is 5.97 Å². The van der Waals surface area contributed by atoms with Crippen LogP contribution >= 0.6 is 0 Å². The number of ether oxygens (including phenoxy) is 2. The Morgan fingerprint density at radius 2 is 1.88 bits per heavy atom. The van der Waals surface area contributed by atoms with Gasteiger partial charge in [-0.25, -0.2) is 4.79 Å². The molecule has 6 heteroatoms. The number of carboxylic acid groups (broad SMARTS) is 1. The van der Waals surface area contributed by atoms with Crippen molar-refractivity contribution < 1.29 is 24.2 Å². The van der Waals surface area contributed by atoms with Gasteiger partial charge in [-0.1, -0.05) is 17.7 Å². The lowest BCUT2D eigenvalue weighted by molar-refractivity contribution is -0.164. The third-order valence-electron chi connectivity index (χ3n) is 5.06. The number of hydrogen-bond donors (Lipinski definition) is 1. The van der Waals surface area contributed by atoms with E-state index in [-0.39, 0.29) is 24.9 Å². The van der Waals surface area contributed by atoms with Crippen LogP contribution in [0, 0.1) is 6.92 Å². The van der Waals surface area contributed by atoms with Crippen molar-refractivity contribution in [2.45, 2.75) is 50.7 Å². The van der Waals surface area contributed by atoms with Crippen LogP contribution in [-0.4, -0.2) is 53.3 Å². The maximum absolute atomic E-state index is 12.5. The lowest BCUT2D eigenvalue weighted by Gasteiger charge is -2.40. The normalized spacial score (nSPS) is 23.1. The van der Waals surface area contributed by atoms with Gasteiger partial charge in [0.2, 0.25) is 5.60 Å². The highest BCUT2D eigenvalue weighted by atomic mass is 16.5. The van der Waals surface area contributed by atoms with Crippen molar-refractivity contribution >= 4 is 11.9 Å². The van der Waals surface area contributed by atoms with Gasteiger partial charge in [-0.3, -0.25) is 4.79 Å². The van der Waals surface area contributed by atoms with Crippen LogP contribution in [0.15, 0.2) is 24.3 Å². The fraction of sp³-hybridized carbons (Fsp3) is 0.579. The number of aliphatic carboxylic acids is 1. The number of carbonyl (C=O) groups excluding carboxylic acids is 1. The lowest BCUT2D eigenvalue weighted by atomic mass is 9.90. The molecule has 25 heavy (non-hydrogen) atoms. The molecule has 2 heterocycles. The molecule has 0 saturated carbocycles. The monoisotopic (exact) mass is 347 g/mol. The summed E-state index contributed by atoms with van der Waals surface area (Å²) in [4.78, 5) is 26.1. The topological polar surface area (TPSA) is 76.1 Å². The second-order valence-electron chi connectivity index (χ2n) is 6.90. The van der Waals surface area contributed by atoms with Crippen molar-refractivity contribution in [2.75, 3.05) is 19.7 Å². The number of carboxylic acids is 1. The minimum atomic E-state index is -1.28. The van der Waals surface area contributed by atoms with Gasteiger partial charge in [0.05, 0.1) is 0 Å². The number of hydrogen-bond acceptors (Lipinski definition) is 4. The summed E-state index contributed by atoms with van der Waals surface area (Å²) >= 11 is 0. The maximum atomic E-state index is 12.5. The molecule has 0 bridgehead atoms. The second-order valence-corrected chi connectivity index (χ2v) is 6.90. The summed E-state index contributed by atoms with van der Waals surface area (Å²) in [5.41, 5.74) is -0.191. The Morgan fingerprint density at radius 3 is 2.44 bits per heavy atom. The summed E-state index contributed by atoms with van der Waals surface area (Å²) in [5.74, 6) is -0.452. The molecule has 2 aliphatic rings. The van der Waals surface area contributed by atoms with E-state index in [1.54, 1.807) is 17.0 Å². The Kier molecular flexibility index (Phi) is 5.27. The number of benzene rings is 1. The highest BCUT2D eigenvalue weighted by Gasteiger charge is 2.45. The summed E-state index contributed by atoms with van der Waals surface area (Å²) < 4.78 is 11.4. The van der Waals surface area contributed by atoms with Crippen LogP contribution in [0.25, 0.3) is 0 Å². The first-order valence-electron chi connectivity index (χ1n) is 8.90. The summed E-state index contributed by atoms with van der Waals surface area (Å²) in [5, 5.41) is 9.73. The average Bonchev–Trinajstić information content (AvgIpc) is 2.64. The summed E-state index contributed by atoms with van der Waals surface area (Å²) in [6.45, 7) is 3.34. The van der Waals surface area contributed by atoms with E-state index in [2.05, 4.69) is 0 Å². The molecule has 6 nitrogen and oxygen atoms in total. The molecule has 0 spiro atoms. The summed E-state index contributed by atoms with van der Waals surface area (Å²) in [6.07, 6.45) is 2.92. The molecule has 1 aromatic carbocycles. The van der Waals surface area contributed by atoms with Gasteiger partial charge in [-0.15, -0.1) is 0 Å². The first-order chi connectivity index (χ1) is 12.0. The molecule has 0 aliphatic carbocycles. The van der Waals surface area contributed by atoms with Crippen molar-refractivity contribution in [3.8, 4) is 5.75 Å². The fourth-order valence-corrected chi connectivity index (χ4v) is 3.42. The van der Waals surface area contributed by atoms with Gasteiger partial charge in [-0.2, -0.15) is 0 Å². The van der Waals surface area contributed by atoms with Crippen LogP contribution in [0.2, 0.25) is 0 Å². The van der Waals surface area contributed by atoms with Gasteiger partial charge in [0.25, 0.3) is 5.91 Å². The minimum Gasteiger partial charge on any atom is -0.478 e. The number of carbonyl (C=O) groups is 2. The molecule has 0 unspecified atom stereocenters. The average molecular weight is 347 g/mol. The molecule has 1 N–H and O–H groups in total. The van der Waals surface area contributed by atoms with E-state index in [0.717, 1.165) is 24.8 Å². The highest BCUT2D eigenvalue weighted by Crippen LogP contribution is 2.30. The third kappa shape index (κ3) is 3.95. The van der Waals surface area contributed by atoms with E-state index >= 15 is 0 Å². The largest absolute Gasteiger partial charge is 0.478 e. The highest BCUT2D eigenvalue weighted by molar-refractivity contribution is 5.82. The molecule has 1 amide bonds.